The molecular weight excluding hydrogens is 380 g/mol. The topological polar surface area (TPSA) is 107 Å². The summed E-state index contributed by atoms with van der Waals surface area (Å²) in [5.74, 6) is -2.42. The number of amides is 2. The van der Waals surface area contributed by atoms with E-state index >= 15 is 0 Å². The van der Waals surface area contributed by atoms with Crippen molar-refractivity contribution in [2.24, 2.45) is 12.8 Å². The Hall–Kier alpha value is -3.74. The molecule has 2 amide bonds. The Morgan fingerprint density at radius 1 is 1.07 bits per heavy atom. The molecular formula is C23H24N4O3. The van der Waals surface area contributed by atoms with Crippen LogP contribution in [0.2, 0.25) is 0 Å². The van der Waals surface area contributed by atoms with Crippen LogP contribution in [0.1, 0.15) is 28.4 Å². The lowest BCUT2D eigenvalue weighted by atomic mass is 10.0. The van der Waals surface area contributed by atoms with Crippen LogP contribution >= 0.6 is 0 Å². The summed E-state index contributed by atoms with van der Waals surface area (Å²) >= 11 is 0. The molecule has 7 heteroatoms. The monoisotopic (exact) mass is 404 g/mol. The molecule has 2 aromatic carbocycles. The molecule has 3 rings (SSSR count). The van der Waals surface area contributed by atoms with E-state index in [4.69, 9.17) is 5.73 Å². The van der Waals surface area contributed by atoms with E-state index in [2.05, 4.69) is 17.3 Å². The molecule has 1 heterocycles. The van der Waals surface area contributed by atoms with Crippen molar-refractivity contribution >= 4 is 17.6 Å². The molecule has 7 nitrogen and oxygen atoms in total. The van der Waals surface area contributed by atoms with Gasteiger partial charge < -0.3 is 11.1 Å². The van der Waals surface area contributed by atoms with Crippen LogP contribution in [0, 0.1) is 0 Å². The summed E-state index contributed by atoms with van der Waals surface area (Å²) in [4.78, 5) is 36.9. The minimum absolute atomic E-state index is 0.162. The summed E-state index contributed by atoms with van der Waals surface area (Å²) in [5, 5.41) is 7.10. The molecule has 0 radical (unpaired) electrons. The Morgan fingerprint density at radius 2 is 1.77 bits per heavy atom. The van der Waals surface area contributed by atoms with Gasteiger partial charge in [-0.05, 0) is 23.6 Å². The molecule has 1 aromatic heterocycles. The van der Waals surface area contributed by atoms with Gasteiger partial charge in [-0.1, -0.05) is 55.5 Å². The second kappa shape index (κ2) is 9.17. The van der Waals surface area contributed by atoms with E-state index in [1.54, 1.807) is 17.9 Å². The van der Waals surface area contributed by atoms with Crippen LogP contribution in [-0.2, 0) is 29.5 Å². The number of carbonyl (C=O) groups is 3. The third-order valence-electron chi connectivity index (χ3n) is 4.83. The van der Waals surface area contributed by atoms with Crippen molar-refractivity contribution < 1.29 is 14.4 Å². The van der Waals surface area contributed by atoms with Crippen LogP contribution in [0.5, 0.6) is 0 Å². The molecule has 0 fully saturated rings. The highest BCUT2D eigenvalue weighted by Crippen LogP contribution is 2.23. The van der Waals surface area contributed by atoms with Crippen LogP contribution in [0.25, 0.3) is 11.3 Å². The summed E-state index contributed by atoms with van der Waals surface area (Å²) in [6.07, 6.45) is 2.61. The third-order valence-corrected chi connectivity index (χ3v) is 4.83. The summed E-state index contributed by atoms with van der Waals surface area (Å²) < 4.78 is 1.55. The van der Waals surface area contributed by atoms with Gasteiger partial charge in [0.15, 0.2) is 0 Å². The zero-order chi connectivity index (χ0) is 21.7. The summed E-state index contributed by atoms with van der Waals surface area (Å²) in [6, 6.07) is 15.9. The first kappa shape index (κ1) is 21.0. The molecule has 1 unspecified atom stereocenters. The van der Waals surface area contributed by atoms with Gasteiger partial charge in [0.25, 0.3) is 11.8 Å². The van der Waals surface area contributed by atoms with Gasteiger partial charge in [0.05, 0.1) is 5.56 Å². The summed E-state index contributed by atoms with van der Waals surface area (Å²) in [7, 11) is 1.72. The Labute approximate surface area is 174 Å². The smallest absolute Gasteiger partial charge is 0.287 e. The molecule has 154 valence electrons. The molecule has 0 spiro atoms. The second-order valence-electron chi connectivity index (χ2n) is 7.06. The first-order valence-corrected chi connectivity index (χ1v) is 9.70. The fourth-order valence-electron chi connectivity index (χ4n) is 3.27. The highest BCUT2D eigenvalue weighted by molar-refractivity contribution is 6.38. The van der Waals surface area contributed by atoms with Gasteiger partial charge in [-0.25, -0.2) is 0 Å². The van der Waals surface area contributed by atoms with Crippen molar-refractivity contribution in [2.75, 3.05) is 0 Å². The van der Waals surface area contributed by atoms with Gasteiger partial charge in [-0.3, -0.25) is 19.1 Å². The van der Waals surface area contributed by atoms with Gasteiger partial charge in [0.2, 0.25) is 5.78 Å². The first-order valence-electron chi connectivity index (χ1n) is 9.70. The van der Waals surface area contributed by atoms with Gasteiger partial charge in [0, 0.05) is 25.2 Å². The van der Waals surface area contributed by atoms with Gasteiger partial charge in [-0.15, -0.1) is 0 Å². The molecule has 0 aliphatic rings. The van der Waals surface area contributed by atoms with E-state index in [1.165, 1.54) is 0 Å². The molecule has 3 N–H and O–H groups in total. The zero-order valence-electron chi connectivity index (χ0n) is 17.0. The van der Waals surface area contributed by atoms with Crippen LogP contribution in [0.3, 0.4) is 0 Å². The Bertz CT molecular complexity index is 1070. The van der Waals surface area contributed by atoms with Crippen LogP contribution in [0.4, 0.5) is 0 Å². The minimum atomic E-state index is -1.08. The average molecular weight is 404 g/mol. The van der Waals surface area contributed by atoms with Crippen molar-refractivity contribution in [3.63, 3.8) is 0 Å². The summed E-state index contributed by atoms with van der Waals surface area (Å²) in [5.41, 5.74) is 8.77. The fraction of sp³-hybridized carbons (Fsp3) is 0.217. The van der Waals surface area contributed by atoms with Gasteiger partial charge >= 0.3 is 0 Å². The lowest BCUT2D eigenvalue weighted by Gasteiger charge is -2.16. The number of nitrogens with two attached hydrogens (primary N) is 1. The quantitative estimate of drug-likeness (QED) is 0.560. The van der Waals surface area contributed by atoms with Gasteiger partial charge in [0.1, 0.15) is 11.7 Å². The van der Waals surface area contributed by atoms with E-state index in [0.29, 0.717) is 11.3 Å². The number of hydrogen-bond acceptors (Lipinski definition) is 4. The molecule has 3 aromatic rings. The minimum Gasteiger partial charge on any atom is -0.363 e. The van der Waals surface area contributed by atoms with Crippen molar-refractivity contribution in [1.82, 2.24) is 15.1 Å². The SMILES string of the molecule is CCc1cccc(-c2nn(C)cc2C(=O)NC(Cc2ccccc2)C(=O)C(N)=O)c1. The fourth-order valence-corrected chi connectivity index (χ4v) is 3.27. The Kier molecular flexibility index (Phi) is 6.41. The predicted molar refractivity (Wildman–Crippen MR) is 114 cm³/mol. The number of ketones is 1. The first-order chi connectivity index (χ1) is 14.4. The maximum atomic E-state index is 13.1. The maximum absolute atomic E-state index is 13.1. The number of benzene rings is 2. The lowest BCUT2D eigenvalue weighted by Crippen LogP contribution is -2.47. The van der Waals surface area contributed by atoms with Gasteiger partial charge in [-0.2, -0.15) is 5.10 Å². The molecule has 1 atom stereocenters. The van der Waals surface area contributed by atoms with Crippen LogP contribution in [-0.4, -0.2) is 33.4 Å². The van der Waals surface area contributed by atoms with Crippen LogP contribution < -0.4 is 11.1 Å². The zero-order valence-corrected chi connectivity index (χ0v) is 17.0. The number of nitrogens with zero attached hydrogens (tertiary/aromatic N) is 2. The maximum Gasteiger partial charge on any atom is 0.287 e. The average Bonchev–Trinajstić information content (AvgIpc) is 3.15. The number of rotatable bonds is 8. The van der Waals surface area contributed by atoms with Crippen molar-refractivity contribution in [3.05, 3.63) is 77.5 Å². The third kappa shape index (κ3) is 4.81. The van der Waals surface area contributed by atoms with E-state index in [0.717, 1.165) is 23.1 Å². The standard InChI is InChI=1S/C23H24N4O3/c1-3-15-10-7-11-17(12-15)20-18(14-27(2)26-20)23(30)25-19(21(28)22(24)29)13-16-8-5-4-6-9-16/h4-12,14,19H,3,13H2,1-2H3,(H2,24,29)(H,25,30). The van der Waals surface area contributed by atoms with Crippen molar-refractivity contribution in [2.45, 2.75) is 25.8 Å². The lowest BCUT2D eigenvalue weighted by molar-refractivity contribution is -0.137. The second-order valence-corrected chi connectivity index (χ2v) is 7.06. The number of carbonyl (C=O) groups excluding carboxylic acids is 3. The largest absolute Gasteiger partial charge is 0.363 e. The normalized spacial score (nSPS) is 11.7. The van der Waals surface area contributed by atoms with Crippen LogP contribution in [0.15, 0.2) is 60.8 Å². The summed E-state index contributed by atoms with van der Waals surface area (Å²) in [6.45, 7) is 2.05. The van der Waals surface area contributed by atoms with E-state index in [1.807, 2.05) is 54.6 Å². The molecule has 0 saturated carbocycles. The van der Waals surface area contributed by atoms with E-state index in [-0.39, 0.29) is 6.42 Å². The van der Waals surface area contributed by atoms with Crippen molar-refractivity contribution in [1.29, 1.82) is 0 Å². The predicted octanol–water partition coefficient (Wildman–Crippen LogP) is 2.04. The molecule has 0 bridgehead atoms. The highest BCUT2D eigenvalue weighted by atomic mass is 16.2. The van der Waals surface area contributed by atoms with E-state index < -0.39 is 23.6 Å². The van der Waals surface area contributed by atoms with E-state index in [9.17, 15) is 14.4 Å². The number of aromatic nitrogens is 2. The number of nitrogens with one attached hydrogen (secondary N) is 1. The Balaban J connectivity index is 1.90. The molecule has 0 aliphatic heterocycles. The number of Topliss-reactive ketones (excluding diaryl/α,β-unsaturated/α-hetero) is 1. The molecule has 0 aliphatic carbocycles. The number of hydrogen-bond donors (Lipinski definition) is 2. The number of aryl methyl sites for hydroxylation is 2. The van der Waals surface area contributed by atoms with Crippen molar-refractivity contribution in [3.8, 4) is 11.3 Å². The molecule has 30 heavy (non-hydrogen) atoms. The highest BCUT2D eigenvalue weighted by Gasteiger charge is 2.27. The number of primary amides is 1. The Morgan fingerprint density at radius 3 is 2.43 bits per heavy atom. The molecule has 0 saturated heterocycles.